The number of hydrogen-bond donors (Lipinski definition) is 2. The molecule has 0 unspecified atom stereocenters. The first kappa shape index (κ1) is 14.8. The Kier molecular flexibility index (Phi) is 3.84. The van der Waals surface area contributed by atoms with E-state index in [0.29, 0.717) is 0 Å². The van der Waals surface area contributed by atoms with Gasteiger partial charge in [0.25, 0.3) is 5.91 Å². The summed E-state index contributed by atoms with van der Waals surface area (Å²) in [5, 5.41) is 2.23. The lowest BCUT2D eigenvalue weighted by Crippen LogP contribution is -2.15. The number of nitrogens with two attached hydrogens (primary N) is 1. The number of carbonyl (C=O) groups is 1. The Hall–Kier alpha value is -2.57. The highest BCUT2D eigenvalue weighted by molar-refractivity contribution is 6.05. The maximum absolute atomic E-state index is 13.5. The Morgan fingerprint density at radius 1 is 1.05 bits per heavy atom. The number of halogens is 4. The smallest absolute Gasteiger partial charge is 0.397 e. The molecule has 0 radical (unpaired) electrons. The first-order chi connectivity index (χ1) is 9.79. The summed E-state index contributed by atoms with van der Waals surface area (Å²) in [6.07, 6.45) is -4.48. The highest BCUT2D eigenvalue weighted by Gasteiger charge is 2.30. The van der Waals surface area contributed by atoms with Gasteiger partial charge in [-0.15, -0.1) is 0 Å². The summed E-state index contributed by atoms with van der Waals surface area (Å²) in [7, 11) is 0. The molecule has 0 spiro atoms. The summed E-state index contributed by atoms with van der Waals surface area (Å²) in [4.78, 5) is 11.9. The molecule has 3 nitrogen and oxygen atoms in total. The molecular weight excluding hydrogens is 288 g/mol. The first-order valence-corrected chi connectivity index (χ1v) is 5.81. The predicted molar refractivity (Wildman–Crippen MR) is 70.2 cm³/mol. The SMILES string of the molecule is Nc1cccc(F)c1NC(=O)c1ccc(C(F)(F)F)cc1. The summed E-state index contributed by atoms with van der Waals surface area (Å²) in [6, 6.07) is 7.45. The molecule has 0 atom stereocenters. The Morgan fingerprint density at radius 3 is 2.19 bits per heavy atom. The molecule has 0 heterocycles. The van der Waals surface area contributed by atoms with Crippen LogP contribution in [0.4, 0.5) is 28.9 Å². The van der Waals surface area contributed by atoms with Crippen LogP contribution in [0.3, 0.4) is 0 Å². The minimum atomic E-state index is -4.48. The maximum Gasteiger partial charge on any atom is 0.416 e. The van der Waals surface area contributed by atoms with E-state index in [4.69, 9.17) is 5.73 Å². The van der Waals surface area contributed by atoms with E-state index >= 15 is 0 Å². The van der Waals surface area contributed by atoms with E-state index < -0.39 is 23.5 Å². The lowest BCUT2D eigenvalue weighted by molar-refractivity contribution is -0.137. The fraction of sp³-hybridized carbons (Fsp3) is 0.0714. The number of amides is 1. The van der Waals surface area contributed by atoms with Crippen LogP contribution >= 0.6 is 0 Å². The third kappa shape index (κ3) is 3.31. The Bertz CT molecular complexity index is 645. The Balaban J connectivity index is 2.21. The van der Waals surface area contributed by atoms with Gasteiger partial charge in [-0.25, -0.2) is 4.39 Å². The molecular formula is C14H10F4N2O. The zero-order valence-electron chi connectivity index (χ0n) is 10.5. The lowest BCUT2D eigenvalue weighted by atomic mass is 10.1. The Morgan fingerprint density at radius 2 is 1.67 bits per heavy atom. The standard InChI is InChI=1S/C14H10F4N2O/c15-10-2-1-3-11(19)12(10)20-13(21)8-4-6-9(7-5-8)14(16,17)18/h1-7H,19H2,(H,20,21). The van der Waals surface area contributed by atoms with Gasteiger partial charge in [0.1, 0.15) is 11.5 Å². The second-order valence-electron chi connectivity index (χ2n) is 4.23. The number of alkyl halides is 3. The van der Waals surface area contributed by atoms with Gasteiger partial charge in [-0.1, -0.05) is 6.07 Å². The molecule has 2 aromatic carbocycles. The van der Waals surface area contributed by atoms with Crippen molar-refractivity contribution in [2.45, 2.75) is 6.18 Å². The Labute approximate surface area is 117 Å². The van der Waals surface area contributed by atoms with Crippen molar-refractivity contribution in [1.82, 2.24) is 0 Å². The van der Waals surface area contributed by atoms with Crippen LogP contribution in [0.1, 0.15) is 15.9 Å². The van der Waals surface area contributed by atoms with E-state index in [1.165, 1.54) is 12.1 Å². The summed E-state index contributed by atoms with van der Waals surface area (Å²) in [5.41, 5.74) is 4.44. The number of benzene rings is 2. The fourth-order valence-corrected chi connectivity index (χ4v) is 1.67. The molecule has 0 aliphatic heterocycles. The molecule has 0 fully saturated rings. The quantitative estimate of drug-likeness (QED) is 0.656. The summed E-state index contributed by atoms with van der Waals surface area (Å²) in [6.45, 7) is 0. The zero-order valence-corrected chi connectivity index (χ0v) is 10.5. The molecule has 21 heavy (non-hydrogen) atoms. The van der Waals surface area contributed by atoms with Gasteiger partial charge in [0.2, 0.25) is 0 Å². The van der Waals surface area contributed by atoms with Crippen molar-refractivity contribution in [2.75, 3.05) is 11.1 Å². The average Bonchev–Trinajstić information content (AvgIpc) is 2.42. The monoisotopic (exact) mass is 298 g/mol. The molecule has 0 aromatic heterocycles. The summed E-state index contributed by atoms with van der Waals surface area (Å²) < 4.78 is 50.7. The van der Waals surface area contributed by atoms with Crippen LogP contribution in [0.15, 0.2) is 42.5 Å². The van der Waals surface area contributed by atoms with Crippen LogP contribution < -0.4 is 11.1 Å². The molecule has 0 aliphatic rings. The molecule has 3 N–H and O–H groups in total. The highest BCUT2D eigenvalue weighted by Crippen LogP contribution is 2.29. The van der Waals surface area contributed by atoms with Gasteiger partial charge in [0.05, 0.1) is 11.3 Å². The average molecular weight is 298 g/mol. The predicted octanol–water partition coefficient (Wildman–Crippen LogP) is 3.68. The second-order valence-corrected chi connectivity index (χ2v) is 4.23. The highest BCUT2D eigenvalue weighted by atomic mass is 19.4. The van der Waals surface area contributed by atoms with E-state index in [1.807, 2.05) is 0 Å². The second kappa shape index (κ2) is 5.43. The number of carbonyl (C=O) groups excluding carboxylic acids is 1. The van der Waals surface area contributed by atoms with Crippen molar-refractivity contribution in [3.8, 4) is 0 Å². The van der Waals surface area contributed by atoms with Crippen molar-refractivity contribution >= 4 is 17.3 Å². The molecule has 7 heteroatoms. The van der Waals surface area contributed by atoms with Crippen LogP contribution in [-0.4, -0.2) is 5.91 Å². The number of rotatable bonds is 2. The first-order valence-electron chi connectivity index (χ1n) is 5.81. The van der Waals surface area contributed by atoms with E-state index in [0.717, 1.165) is 30.3 Å². The molecule has 0 bridgehead atoms. The molecule has 110 valence electrons. The van der Waals surface area contributed by atoms with Crippen LogP contribution in [-0.2, 0) is 6.18 Å². The normalized spacial score (nSPS) is 11.2. The third-order valence-corrected chi connectivity index (χ3v) is 2.76. The molecule has 2 aromatic rings. The van der Waals surface area contributed by atoms with Crippen molar-refractivity contribution in [2.24, 2.45) is 0 Å². The van der Waals surface area contributed by atoms with Gasteiger partial charge in [-0.05, 0) is 36.4 Å². The van der Waals surface area contributed by atoms with E-state index in [2.05, 4.69) is 5.32 Å². The van der Waals surface area contributed by atoms with Gasteiger partial charge in [-0.2, -0.15) is 13.2 Å². The van der Waals surface area contributed by atoms with E-state index in [9.17, 15) is 22.4 Å². The summed E-state index contributed by atoms with van der Waals surface area (Å²) in [5.74, 6) is -1.48. The van der Waals surface area contributed by atoms with Gasteiger partial charge in [0.15, 0.2) is 0 Å². The lowest BCUT2D eigenvalue weighted by Gasteiger charge is -2.10. The van der Waals surface area contributed by atoms with E-state index in [-0.39, 0.29) is 16.9 Å². The number of para-hydroxylation sites is 1. The van der Waals surface area contributed by atoms with Crippen LogP contribution in [0.5, 0.6) is 0 Å². The van der Waals surface area contributed by atoms with Gasteiger partial charge >= 0.3 is 6.18 Å². The number of nitrogen functional groups attached to an aromatic ring is 1. The van der Waals surface area contributed by atoms with Crippen molar-refractivity contribution in [1.29, 1.82) is 0 Å². The molecule has 0 saturated carbocycles. The number of anilines is 2. The zero-order chi connectivity index (χ0) is 15.6. The number of nitrogens with one attached hydrogen (secondary N) is 1. The minimum absolute atomic E-state index is 0.0234. The van der Waals surface area contributed by atoms with Gasteiger partial charge in [0, 0.05) is 5.56 Å². The molecule has 1 amide bonds. The van der Waals surface area contributed by atoms with Gasteiger partial charge < -0.3 is 11.1 Å². The maximum atomic E-state index is 13.5. The molecule has 0 saturated heterocycles. The number of hydrogen-bond acceptors (Lipinski definition) is 2. The van der Waals surface area contributed by atoms with Crippen molar-refractivity contribution in [3.05, 3.63) is 59.4 Å². The van der Waals surface area contributed by atoms with Crippen molar-refractivity contribution in [3.63, 3.8) is 0 Å². The largest absolute Gasteiger partial charge is 0.416 e. The van der Waals surface area contributed by atoms with Gasteiger partial charge in [-0.3, -0.25) is 4.79 Å². The topological polar surface area (TPSA) is 55.1 Å². The fourth-order valence-electron chi connectivity index (χ4n) is 1.67. The van der Waals surface area contributed by atoms with Crippen LogP contribution in [0, 0.1) is 5.82 Å². The van der Waals surface area contributed by atoms with Crippen LogP contribution in [0.25, 0.3) is 0 Å². The van der Waals surface area contributed by atoms with E-state index in [1.54, 1.807) is 0 Å². The molecule has 2 rings (SSSR count). The van der Waals surface area contributed by atoms with Crippen molar-refractivity contribution < 1.29 is 22.4 Å². The summed E-state index contributed by atoms with van der Waals surface area (Å²) >= 11 is 0. The minimum Gasteiger partial charge on any atom is -0.397 e. The van der Waals surface area contributed by atoms with Crippen LogP contribution in [0.2, 0.25) is 0 Å². The molecule has 0 aliphatic carbocycles. The third-order valence-electron chi connectivity index (χ3n) is 2.76.